The van der Waals surface area contributed by atoms with E-state index in [2.05, 4.69) is 11.9 Å². The van der Waals surface area contributed by atoms with Crippen LogP contribution in [0.1, 0.15) is 26.7 Å². The van der Waals surface area contributed by atoms with Crippen molar-refractivity contribution in [2.75, 3.05) is 26.4 Å². The predicted octanol–water partition coefficient (Wildman–Crippen LogP) is 1.74. The van der Waals surface area contributed by atoms with Crippen molar-refractivity contribution in [3.8, 4) is 0 Å². The third-order valence-electron chi connectivity index (χ3n) is 2.35. The van der Waals surface area contributed by atoms with Crippen molar-refractivity contribution in [3.63, 3.8) is 0 Å². The van der Waals surface area contributed by atoms with Crippen LogP contribution in [0.5, 0.6) is 0 Å². The van der Waals surface area contributed by atoms with E-state index < -0.39 is 0 Å². The molecule has 0 aromatic carbocycles. The highest BCUT2D eigenvalue weighted by Gasteiger charge is 2.20. The average molecular weight is 213 g/mol. The van der Waals surface area contributed by atoms with Crippen LogP contribution in [-0.4, -0.2) is 38.5 Å². The van der Waals surface area contributed by atoms with Crippen LogP contribution in [0.15, 0.2) is 12.2 Å². The number of hydrogen-bond donors (Lipinski definition) is 1. The highest BCUT2D eigenvalue weighted by atomic mass is 16.5. The van der Waals surface area contributed by atoms with Crippen LogP contribution >= 0.6 is 0 Å². The van der Waals surface area contributed by atoms with Crippen molar-refractivity contribution in [3.05, 3.63) is 12.2 Å². The third kappa shape index (κ3) is 6.66. The maximum Gasteiger partial charge on any atom is 0.0784 e. The van der Waals surface area contributed by atoms with E-state index in [1.54, 1.807) is 0 Å². The molecule has 1 N–H and O–H groups in total. The summed E-state index contributed by atoms with van der Waals surface area (Å²) >= 11 is 0. The Morgan fingerprint density at radius 1 is 1.53 bits per heavy atom. The van der Waals surface area contributed by atoms with Gasteiger partial charge in [0.05, 0.1) is 19.3 Å². The number of rotatable bonds is 9. The van der Waals surface area contributed by atoms with Crippen LogP contribution in [0.25, 0.3) is 0 Å². The zero-order valence-electron chi connectivity index (χ0n) is 9.92. The van der Waals surface area contributed by atoms with Gasteiger partial charge in [0.25, 0.3) is 0 Å². The SMILES string of the molecule is C=C(CNC1CC1)COC(C)COCC. The Balaban J connectivity index is 1.94. The third-order valence-corrected chi connectivity index (χ3v) is 2.35. The summed E-state index contributed by atoms with van der Waals surface area (Å²) in [6, 6.07) is 0.739. The molecular weight excluding hydrogens is 190 g/mol. The summed E-state index contributed by atoms with van der Waals surface area (Å²) in [5, 5.41) is 3.41. The average Bonchev–Trinajstić information content (AvgIpc) is 3.04. The molecule has 1 aliphatic rings. The molecule has 0 heterocycles. The highest BCUT2D eigenvalue weighted by Crippen LogP contribution is 2.18. The minimum absolute atomic E-state index is 0.155. The molecule has 0 amide bonds. The van der Waals surface area contributed by atoms with Crippen LogP contribution in [-0.2, 0) is 9.47 Å². The predicted molar refractivity (Wildman–Crippen MR) is 62.1 cm³/mol. The summed E-state index contributed by atoms with van der Waals surface area (Å²) < 4.78 is 10.9. The van der Waals surface area contributed by atoms with Crippen LogP contribution in [0, 0.1) is 0 Å². The van der Waals surface area contributed by atoms with Gasteiger partial charge in [-0.15, -0.1) is 0 Å². The van der Waals surface area contributed by atoms with Gasteiger partial charge in [0.2, 0.25) is 0 Å². The van der Waals surface area contributed by atoms with E-state index in [4.69, 9.17) is 9.47 Å². The van der Waals surface area contributed by atoms with Crippen molar-refractivity contribution in [1.29, 1.82) is 0 Å². The van der Waals surface area contributed by atoms with Gasteiger partial charge in [-0.3, -0.25) is 0 Å². The molecule has 0 aromatic heterocycles. The quantitative estimate of drug-likeness (QED) is 0.592. The molecular formula is C12H23NO2. The summed E-state index contributed by atoms with van der Waals surface area (Å²) in [7, 11) is 0. The van der Waals surface area contributed by atoms with Crippen molar-refractivity contribution in [1.82, 2.24) is 5.32 Å². The van der Waals surface area contributed by atoms with E-state index in [-0.39, 0.29) is 6.10 Å². The molecule has 3 heteroatoms. The largest absolute Gasteiger partial charge is 0.379 e. The molecule has 0 bridgehead atoms. The molecule has 0 aromatic rings. The molecule has 88 valence electrons. The molecule has 1 atom stereocenters. The zero-order chi connectivity index (χ0) is 11.1. The summed E-state index contributed by atoms with van der Waals surface area (Å²) in [6.07, 6.45) is 2.78. The Bertz CT molecular complexity index is 190. The molecule has 1 saturated carbocycles. The molecule has 0 radical (unpaired) electrons. The van der Waals surface area contributed by atoms with Gasteiger partial charge in [-0.2, -0.15) is 0 Å². The highest BCUT2D eigenvalue weighted by molar-refractivity contribution is 4.99. The minimum atomic E-state index is 0.155. The number of ether oxygens (including phenoxy) is 2. The van der Waals surface area contributed by atoms with Crippen molar-refractivity contribution in [2.24, 2.45) is 0 Å². The van der Waals surface area contributed by atoms with E-state index in [0.29, 0.717) is 13.2 Å². The molecule has 1 rings (SSSR count). The second-order valence-corrected chi connectivity index (χ2v) is 4.19. The summed E-state index contributed by atoms with van der Waals surface area (Å²) in [5.41, 5.74) is 1.12. The zero-order valence-corrected chi connectivity index (χ0v) is 9.92. The van der Waals surface area contributed by atoms with Crippen LogP contribution in [0.4, 0.5) is 0 Å². The first-order valence-electron chi connectivity index (χ1n) is 5.81. The maximum atomic E-state index is 5.59. The molecule has 0 spiro atoms. The molecule has 15 heavy (non-hydrogen) atoms. The van der Waals surface area contributed by atoms with E-state index in [9.17, 15) is 0 Å². The van der Waals surface area contributed by atoms with Crippen LogP contribution < -0.4 is 5.32 Å². The van der Waals surface area contributed by atoms with Gasteiger partial charge in [-0.25, -0.2) is 0 Å². The molecule has 1 fully saturated rings. The fourth-order valence-corrected chi connectivity index (χ4v) is 1.22. The first kappa shape index (κ1) is 12.7. The molecule has 1 unspecified atom stereocenters. The van der Waals surface area contributed by atoms with Gasteiger partial charge < -0.3 is 14.8 Å². The lowest BCUT2D eigenvalue weighted by Crippen LogP contribution is -2.23. The molecule has 0 saturated heterocycles. The van der Waals surface area contributed by atoms with Crippen molar-refractivity contribution in [2.45, 2.75) is 38.8 Å². The van der Waals surface area contributed by atoms with E-state index in [0.717, 1.165) is 24.8 Å². The van der Waals surface area contributed by atoms with Gasteiger partial charge in [0.1, 0.15) is 0 Å². The Kier molecular flexibility index (Phi) is 5.91. The van der Waals surface area contributed by atoms with E-state index in [1.807, 2.05) is 13.8 Å². The molecule has 1 aliphatic carbocycles. The monoisotopic (exact) mass is 213 g/mol. The van der Waals surface area contributed by atoms with E-state index >= 15 is 0 Å². The molecule has 0 aliphatic heterocycles. The van der Waals surface area contributed by atoms with Crippen LogP contribution in [0.3, 0.4) is 0 Å². The lowest BCUT2D eigenvalue weighted by atomic mass is 10.3. The van der Waals surface area contributed by atoms with Gasteiger partial charge in [0, 0.05) is 19.2 Å². The smallest absolute Gasteiger partial charge is 0.0784 e. The van der Waals surface area contributed by atoms with Gasteiger partial charge in [-0.1, -0.05) is 6.58 Å². The lowest BCUT2D eigenvalue weighted by Gasteiger charge is -2.14. The Labute approximate surface area is 92.8 Å². The summed E-state index contributed by atoms with van der Waals surface area (Å²) in [4.78, 5) is 0. The van der Waals surface area contributed by atoms with Crippen molar-refractivity contribution >= 4 is 0 Å². The fourth-order valence-electron chi connectivity index (χ4n) is 1.22. The fraction of sp³-hybridized carbons (Fsp3) is 0.833. The van der Waals surface area contributed by atoms with Gasteiger partial charge >= 0.3 is 0 Å². The van der Waals surface area contributed by atoms with Crippen LogP contribution in [0.2, 0.25) is 0 Å². The second-order valence-electron chi connectivity index (χ2n) is 4.19. The normalized spacial score (nSPS) is 17.7. The number of nitrogens with one attached hydrogen (secondary N) is 1. The second kappa shape index (κ2) is 6.99. The van der Waals surface area contributed by atoms with Crippen molar-refractivity contribution < 1.29 is 9.47 Å². The Morgan fingerprint density at radius 2 is 2.27 bits per heavy atom. The summed E-state index contributed by atoms with van der Waals surface area (Å²) in [5.74, 6) is 0. The topological polar surface area (TPSA) is 30.5 Å². The first-order chi connectivity index (χ1) is 7.22. The van der Waals surface area contributed by atoms with Gasteiger partial charge in [0.15, 0.2) is 0 Å². The minimum Gasteiger partial charge on any atom is -0.379 e. The number of hydrogen-bond acceptors (Lipinski definition) is 3. The first-order valence-corrected chi connectivity index (χ1v) is 5.81. The van der Waals surface area contributed by atoms with Gasteiger partial charge in [-0.05, 0) is 32.3 Å². The lowest BCUT2D eigenvalue weighted by molar-refractivity contribution is 0.00564. The summed E-state index contributed by atoms with van der Waals surface area (Å²) in [6.45, 7) is 10.9. The Hall–Kier alpha value is -0.380. The Morgan fingerprint density at radius 3 is 2.87 bits per heavy atom. The standard InChI is InChI=1S/C12H23NO2/c1-4-14-9-11(3)15-8-10(2)7-13-12-5-6-12/h11-13H,2,4-9H2,1,3H3. The van der Waals surface area contributed by atoms with E-state index in [1.165, 1.54) is 12.8 Å². The maximum absolute atomic E-state index is 5.59. The molecule has 3 nitrogen and oxygen atoms in total.